The van der Waals surface area contributed by atoms with Crippen molar-refractivity contribution in [1.29, 1.82) is 0 Å². The minimum absolute atomic E-state index is 0.247. The van der Waals surface area contributed by atoms with Gasteiger partial charge in [0.1, 0.15) is 16.4 Å². The highest BCUT2D eigenvalue weighted by Gasteiger charge is 2.06. The van der Waals surface area contributed by atoms with Crippen molar-refractivity contribution < 1.29 is 4.74 Å². The van der Waals surface area contributed by atoms with Crippen molar-refractivity contribution in [2.45, 2.75) is 6.92 Å². The Kier molecular flexibility index (Phi) is 3.06. The summed E-state index contributed by atoms with van der Waals surface area (Å²) in [6.07, 6.45) is 1.60. The first-order chi connectivity index (χ1) is 8.06. The van der Waals surface area contributed by atoms with E-state index >= 15 is 0 Å². The zero-order valence-corrected chi connectivity index (χ0v) is 10.4. The Hall–Kier alpha value is -1.95. The van der Waals surface area contributed by atoms with Crippen LogP contribution in [0.5, 0.6) is 11.6 Å². The zero-order valence-electron chi connectivity index (χ0n) is 9.54. The fourth-order valence-corrected chi connectivity index (χ4v) is 1.52. The maximum Gasteiger partial charge on any atom is 0.217 e. The second-order valence-corrected chi connectivity index (χ2v) is 4.03. The molecule has 0 amide bonds. The monoisotopic (exact) mass is 248 g/mol. The Balaban J connectivity index is 2.27. The summed E-state index contributed by atoms with van der Waals surface area (Å²) < 4.78 is 7.33. The van der Waals surface area contributed by atoms with Crippen LogP contribution in [0.3, 0.4) is 0 Å². The molecule has 0 spiro atoms. The second-order valence-electron chi connectivity index (χ2n) is 3.59. The summed E-state index contributed by atoms with van der Waals surface area (Å²) in [6.45, 7) is 1.90. The third kappa shape index (κ3) is 2.59. The molecule has 6 heteroatoms. The van der Waals surface area contributed by atoms with E-state index in [-0.39, 0.29) is 4.99 Å². The molecule has 2 rings (SSSR count). The predicted molar refractivity (Wildman–Crippen MR) is 68.1 cm³/mol. The average molecular weight is 248 g/mol. The van der Waals surface area contributed by atoms with Crippen LogP contribution in [0, 0.1) is 6.92 Å². The number of hydrogen-bond donors (Lipinski definition) is 1. The lowest BCUT2D eigenvalue weighted by molar-refractivity contribution is 0.430. The predicted octanol–water partition coefficient (Wildman–Crippen LogP) is 1.55. The van der Waals surface area contributed by atoms with Crippen LogP contribution in [0.1, 0.15) is 11.4 Å². The first kappa shape index (κ1) is 11.5. The number of hydrogen-bond acceptors (Lipinski definition) is 4. The van der Waals surface area contributed by atoms with Gasteiger partial charge in [0.15, 0.2) is 0 Å². The summed E-state index contributed by atoms with van der Waals surface area (Å²) in [7, 11) is 1.82. The number of aromatic nitrogens is 3. The normalized spacial score (nSPS) is 10.2. The third-order valence-corrected chi connectivity index (χ3v) is 2.37. The summed E-state index contributed by atoms with van der Waals surface area (Å²) in [5.41, 5.74) is 6.94. The van der Waals surface area contributed by atoms with Crippen molar-refractivity contribution in [3.8, 4) is 11.6 Å². The molecular weight excluding hydrogens is 236 g/mol. The summed E-state index contributed by atoms with van der Waals surface area (Å²) >= 11 is 4.86. The van der Waals surface area contributed by atoms with Crippen molar-refractivity contribution in [2.24, 2.45) is 12.8 Å². The molecule has 2 heterocycles. The van der Waals surface area contributed by atoms with Gasteiger partial charge in [-0.3, -0.25) is 4.98 Å². The number of rotatable bonds is 3. The van der Waals surface area contributed by atoms with E-state index in [4.69, 9.17) is 22.7 Å². The third-order valence-electron chi connectivity index (χ3n) is 2.17. The molecule has 0 bridgehead atoms. The van der Waals surface area contributed by atoms with Gasteiger partial charge in [-0.2, -0.15) is 5.10 Å². The average Bonchev–Trinajstić information content (AvgIpc) is 2.58. The number of nitrogens with zero attached hydrogens (tertiary/aromatic N) is 3. The van der Waals surface area contributed by atoms with Crippen molar-refractivity contribution >= 4 is 17.2 Å². The Morgan fingerprint density at radius 1 is 1.47 bits per heavy atom. The van der Waals surface area contributed by atoms with Gasteiger partial charge in [-0.25, -0.2) is 4.68 Å². The van der Waals surface area contributed by atoms with E-state index in [1.54, 1.807) is 23.0 Å². The first-order valence-corrected chi connectivity index (χ1v) is 5.41. The Morgan fingerprint density at radius 2 is 2.24 bits per heavy atom. The molecule has 5 nitrogen and oxygen atoms in total. The molecule has 2 N–H and O–H groups in total. The van der Waals surface area contributed by atoms with E-state index in [1.807, 2.05) is 20.0 Å². The molecule has 0 fully saturated rings. The van der Waals surface area contributed by atoms with Gasteiger partial charge in [-0.1, -0.05) is 12.2 Å². The maximum atomic E-state index is 5.67. The zero-order chi connectivity index (χ0) is 12.4. The van der Waals surface area contributed by atoms with Crippen LogP contribution in [0.15, 0.2) is 24.4 Å². The number of aryl methyl sites for hydroxylation is 2. The summed E-state index contributed by atoms with van der Waals surface area (Å²) in [6, 6.07) is 5.29. The molecular formula is C11H12N4OS. The van der Waals surface area contributed by atoms with Crippen molar-refractivity contribution in [1.82, 2.24) is 14.8 Å². The lowest BCUT2D eigenvalue weighted by Gasteiger charge is -2.06. The molecule has 0 saturated heterocycles. The van der Waals surface area contributed by atoms with Crippen LogP contribution in [0.4, 0.5) is 0 Å². The van der Waals surface area contributed by atoms with Crippen molar-refractivity contribution in [2.75, 3.05) is 0 Å². The molecule has 2 aromatic rings. The molecule has 0 saturated carbocycles. The lowest BCUT2D eigenvalue weighted by atomic mass is 10.3. The molecule has 0 aliphatic rings. The smallest absolute Gasteiger partial charge is 0.217 e. The minimum Gasteiger partial charge on any atom is -0.439 e. The topological polar surface area (TPSA) is 66.0 Å². The highest BCUT2D eigenvalue weighted by Crippen LogP contribution is 2.21. The van der Waals surface area contributed by atoms with E-state index in [0.717, 1.165) is 5.69 Å². The van der Waals surface area contributed by atoms with Crippen LogP contribution in [-0.2, 0) is 7.05 Å². The molecule has 88 valence electrons. The van der Waals surface area contributed by atoms with Crippen molar-refractivity contribution in [3.63, 3.8) is 0 Å². The SMILES string of the molecule is Cc1cc(Oc2ccnc(C(N)=S)c2)n(C)n1. The van der Waals surface area contributed by atoms with Gasteiger partial charge in [0, 0.05) is 25.4 Å². The molecule has 0 aliphatic heterocycles. The fraction of sp³-hybridized carbons (Fsp3) is 0.182. The van der Waals surface area contributed by atoms with Gasteiger partial charge in [0.2, 0.25) is 5.88 Å². The van der Waals surface area contributed by atoms with Gasteiger partial charge < -0.3 is 10.5 Å². The van der Waals surface area contributed by atoms with E-state index in [0.29, 0.717) is 17.3 Å². The van der Waals surface area contributed by atoms with Crippen LogP contribution in [0.25, 0.3) is 0 Å². The molecule has 0 atom stereocenters. The highest BCUT2D eigenvalue weighted by atomic mass is 32.1. The van der Waals surface area contributed by atoms with E-state index < -0.39 is 0 Å². The van der Waals surface area contributed by atoms with E-state index in [1.165, 1.54) is 0 Å². The van der Waals surface area contributed by atoms with E-state index in [9.17, 15) is 0 Å². The fourth-order valence-electron chi connectivity index (χ4n) is 1.41. The molecule has 0 radical (unpaired) electrons. The Morgan fingerprint density at radius 3 is 2.82 bits per heavy atom. The molecule has 0 aliphatic carbocycles. The number of ether oxygens (including phenoxy) is 1. The van der Waals surface area contributed by atoms with Gasteiger partial charge in [0.25, 0.3) is 0 Å². The maximum absolute atomic E-state index is 5.67. The van der Waals surface area contributed by atoms with Gasteiger partial charge in [-0.05, 0) is 13.0 Å². The quantitative estimate of drug-likeness (QED) is 0.835. The highest BCUT2D eigenvalue weighted by molar-refractivity contribution is 7.80. The van der Waals surface area contributed by atoms with Gasteiger partial charge >= 0.3 is 0 Å². The first-order valence-electron chi connectivity index (χ1n) is 5.00. The van der Waals surface area contributed by atoms with Crippen LogP contribution < -0.4 is 10.5 Å². The summed E-state index contributed by atoms with van der Waals surface area (Å²) in [5.74, 6) is 1.29. The Bertz CT molecular complexity index is 564. The molecule has 2 aromatic heterocycles. The standard InChI is InChI=1S/C11H12N4OS/c1-7-5-10(15(2)14-7)16-8-3-4-13-9(6-8)11(12)17/h3-6H,1-2H3,(H2,12,17). The van der Waals surface area contributed by atoms with Crippen molar-refractivity contribution in [3.05, 3.63) is 35.8 Å². The molecule has 17 heavy (non-hydrogen) atoms. The number of pyridine rings is 1. The van der Waals surface area contributed by atoms with E-state index in [2.05, 4.69) is 10.1 Å². The Labute approximate surface area is 104 Å². The van der Waals surface area contributed by atoms with Gasteiger partial charge in [-0.15, -0.1) is 0 Å². The molecule has 0 unspecified atom stereocenters. The second kappa shape index (κ2) is 4.50. The minimum atomic E-state index is 0.247. The van der Waals surface area contributed by atoms with Crippen LogP contribution in [0.2, 0.25) is 0 Å². The number of nitrogens with two attached hydrogens (primary N) is 1. The number of thiocarbonyl (C=S) groups is 1. The van der Waals surface area contributed by atoms with Crippen LogP contribution in [-0.4, -0.2) is 19.8 Å². The largest absolute Gasteiger partial charge is 0.439 e. The van der Waals surface area contributed by atoms with Crippen LogP contribution >= 0.6 is 12.2 Å². The summed E-state index contributed by atoms with van der Waals surface area (Å²) in [4.78, 5) is 4.29. The van der Waals surface area contributed by atoms with Gasteiger partial charge in [0.05, 0.1) is 5.69 Å². The summed E-state index contributed by atoms with van der Waals surface area (Å²) in [5, 5.41) is 4.19. The lowest BCUT2D eigenvalue weighted by Crippen LogP contribution is -2.11. The molecule has 0 aromatic carbocycles.